The molecule has 29 heavy (non-hydrogen) atoms. The van der Waals surface area contributed by atoms with Gasteiger partial charge >= 0.3 is 5.97 Å². The molecule has 0 amide bonds. The van der Waals surface area contributed by atoms with E-state index >= 15 is 0 Å². The van der Waals surface area contributed by atoms with Gasteiger partial charge in [0.15, 0.2) is 5.78 Å². The number of hydrogen-bond donors (Lipinski definition) is 1. The Labute approximate surface area is 174 Å². The van der Waals surface area contributed by atoms with Crippen LogP contribution in [0.4, 0.5) is 0 Å². The topological polar surface area (TPSA) is 59.2 Å². The van der Waals surface area contributed by atoms with Gasteiger partial charge in [0.1, 0.15) is 5.69 Å². The average Bonchev–Trinajstić information content (AvgIpc) is 3.06. The zero-order chi connectivity index (χ0) is 20.4. The maximum atomic E-state index is 12.8. The standard InChI is InChI=1S/C24H22ClNO3/c1-15-22-20(13-18(14-21(22)27)17-7-9-19(25)10-8-17)26-23(15)24(28)29-12-11-16-5-3-2-4-6-16/h2-10,18,26H,11-14H2,1H3/t18-/m0/s1. The Bertz CT molecular complexity index is 1040. The van der Waals surface area contributed by atoms with E-state index in [-0.39, 0.29) is 11.7 Å². The summed E-state index contributed by atoms with van der Waals surface area (Å²) in [6.45, 7) is 2.11. The number of benzene rings is 2. The van der Waals surface area contributed by atoms with Crippen molar-refractivity contribution in [3.63, 3.8) is 0 Å². The minimum atomic E-state index is -0.413. The Morgan fingerprint density at radius 2 is 1.83 bits per heavy atom. The third-order valence-corrected chi connectivity index (χ3v) is 5.75. The van der Waals surface area contributed by atoms with Gasteiger partial charge in [-0.15, -0.1) is 0 Å². The maximum absolute atomic E-state index is 12.8. The molecule has 3 aromatic rings. The molecule has 1 heterocycles. The number of esters is 1. The minimum Gasteiger partial charge on any atom is -0.461 e. The van der Waals surface area contributed by atoms with Crippen LogP contribution in [-0.2, 0) is 17.6 Å². The lowest BCUT2D eigenvalue weighted by atomic mass is 9.81. The average molecular weight is 408 g/mol. The molecule has 0 saturated heterocycles. The molecule has 1 aromatic heterocycles. The number of aromatic nitrogens is 1. The Balaban J connectivity index is 1.48. The highest BCUT2D eigenvalue weighted by molar-refractivity contribution is 6.30. The number of Topliss-reactive ketones (excluding diaryl/α,β-unsaturated/α-hetero) is 1. The van der Waals surface area contributed by atoms with Gasteiger partial charge in [0, 0.05) is 29.1 Å². The van der Waals surface area contributed by atoms with E-state index in [9.17, 15) is 9.59 Å². The second-order valence-corrected chi connectivity index (χ2v) is 7.87. The van der Waals surface area contributed by atoms with Gasteiger partial charge in [-0.2, -0.15) is 0 Å². The molecule has 1 aliphatic rings. The third kappa shape index (κ3) is 4.13. The summed E-state index contributed by atoms with van der Waals surface area (Å²) < 4.78 is 5.45. The zero-order valence-corrected chi connectivity index (χ0v) is 17.0. The van der Waals surface area contributed by atoms with Gasteiger partial charge in [-0.1, -0.05) is 54.1 Å². The molecule has 0 spiro atoms. The summed E-state index contributed by atoms with van der Waals surface area (Å²) in [6.07, 6.45) is 1.76. The molecule has 0 fully saturated rings. The Kier molecular flexibility index (Phi) is 5.54. The van der Waals surface area contributed by atoms with Crippen molar-refractivity contribution in [2.75, 3.05) is 6.61 Å². The fourth-order valence-electron chi connectivity index (χ4n) is 3.99. The summed E-state index contributed by atoms with van der Waals surface area (Å²) >= 11 is 5.98. The summed E-state index contributed by atoms with van der Waals surface area (Å²) in [5, 5.41) is 0.674. The summed E-state index contributed by atoms with van der Waals surface area (Å²) in [4.78, 5) is 28.6. The lowest BCUT2D eigenvalue weighted by molar-refractivity contribution is 0.0502. The molecular weight excluding hydrogens is 386 g/mol. The molecule has 0 bridgehead atoms. The Morgan fingerprint density at radius 1 is 1.10 bits per heavy atom. The quantitative estimate of drug-likeness (QED) is 0.584. The number of H-pyrrole nitrogens is 1. The third-order valence-electron chi connectivity index (χ3n) is 5.50. The number of carbonyl (C=O) groups excluding carboxylic acids is 2. The molecule has 5 heteroatoms. The van der Waals surface area contributed by atoms with Crippen molar-refractivity contribution in [2.24, 2.45) is 0 Å². The van der Waals surface area contributed by atoms with E-state index in [0.717, 1.165) is 16.8 Å². The van der Waals surface area contributed by atoms with Gasteiger partial charge < -0.3 is 9.72 Å². The highest BCUT2D eigenvalue weighted by atomic mass is 35.5. The first-order chi connectivity index (χ1) is 14.0. The Morgan fingerprint density at radius 3 is 2.55 bits per heavy atom. The van der Waals surface area contributed by atoms with Gasteiger partial charge in [0.2, 0.25) is 0 Å². The Hall–Kier alpha value is -2.85. The summed E-state index contributed by atoms with van der Waals surface area (Å²) in [7, 11) is 0. The number of carbonyl (C=O) groups is 2. The summed E-state index contributed by atoms with van der Waals surface area (Å²) in [5.74, 6) is -0.278. The van der Waals surface area contributed by atoms with Crippen LogP contribution in [0.1, 0.15) is 55.6 Å². The largest absolute Gasteiger partial charge is 0.461 e. The van der Waals surface area contributed by atoms with E-state index in [2.05, 4.69) is 4.98 Å². The zero-order valence-electron chi connectivity index (χ0n) is 16.2. The fourth-order valence-corrected chi connectivity index (χ4v) is 4.11. The fraction of sp³-hybridized carbons (Fsp3) is 0.250. The molecule has 4 nitrogen and oxygen atoms in total. The number of ketones is 1. The number of aromatic amines is 1. The van der Waals surface area contributed by atoms with Crippen LogP contribution in [0, 0.1) is 6.92 Å². The molecule has 1 aliphatic carbocycles. The summed E-state index contributed by atoms with van der Waals surface area (Å²) in [5.41, 5.74) is 4.72. The van der Waals surface area contributed by atoms with Crippen LogP contribution in [0.2, 0.25) is 5.02 Å². The molecule has 0 aliphatic heterocycles. The molecule has 0 radical (unpaired) electrons. The van der Waals surface area contributed by atoms with Crippen LogP contribution >= 0.6 is 11.6 Å². The van der Waals surface area contributed by atoms with E-state index < -0.39 is 5.97 Å². The molecule has 1 N–H and O–H groups in total. The van der Waals surface area contributed by atoms with Crippen LogP contribution in [-0.4, -0.2) is 23.3 Å². The molecule has 4 rings (SSSR count). The molecule has 0 saturated carbocycles. The molecule has 148 valence electrons. The number of halogens is 1. The van der Waals surface area contributed by atoms with Crippen LogP contribution in [0.5, 0.6) is 0 Å². The number of ether oxygens (including phenoxy) is 1. The van der Waals surface area contributed by atoms with Crippen molar-refractivity contribution in [3.8, 4) is 0 Å². The van der Waals surface area contributed by atoms with Crippen molar-refractivity contribution in [1.29, 1.82) is 0 Å². The van der Waals surface area contributed by atoms with Crippen molar-refractivity contribution < 1.29 is 14.3 Å². The number of rotatable bonds is 5. The van der Waals surface area contributed by atoms with Crippen molar-refractivity contribution in [2.45, 2.75) is 32.1 Å². The van der Waals surface area contributed by atoms with E-state index in [0.29, 0.717) is 47.7 Å². The van der Waals surface area contributed by atoms with Gasteiger partial charge in [-0.3, -0.25) is 4.79 Å². The molecular formula is C24H22ClNO3. The lowest BCUT2D eigenvalue weighted by Crippen LogP contribution is -2.18. The van der Waals surface area contributed by atoms with E-state index in [1.807, 2.05) is 61.5 Å². The normalized spacial score (nSPS) is 15.8. The second kappa shape index (κ2) is 8.26. The number of nitrogens with one attached hydrogen (secondary N) is 1. The molecule has 2 aromatic carbocycles. The lowest BCUT2D eigenvalue weighted by Gasteiger charge is -2.22. The van der Waals surface area contributed by atoms with Crippen molar-refractivity contribution >= 4 is 23.4 Å². The number of fused-ring (bicyclic) bond motifs is 1. The van der Waals surface area contributed by atoms with E-state index in [1.165, 1.54) is 0 Å². The number of hydrogen-bond acceptors (Lipinski definition) is 3. The van der Waals surface area contributed by atoms with Crippen LogP contribution in [0.3, 0.4) is 0 Å². The van der Waals surface area contributed by atoms with Crippen LogP contribution in [0.15, 0.2) is 54.6 Å². The predicted molar refractivity (Wildman–Crippen MR) is 113 cm³/mol. The molecule has 1 atom stereocenters. The first-order valence-corrected chi connectivity index (χ1v) is 10.1. The predicted octanol–water partition coefficient (Wildman–Crippen LogP) is 5.29. The van der Waals surface area contributed by atoms with Gasteiger partial charge in [-0.25, -0.2) is 4.79 Å². The SMILES string of the molecule is Cc1c(C(=O)OCCc2ccccc2)[nH]c2c1C(=O)C[C@@H](c1ccc(Cl)cc1)C2. The smallest absolute Gasteiger partial charge is 0.355 e. The van der Waals surface area contributed by atoms with E-state index in [1.54, 1.807) is 0 Å². The van der Waals surface area contributed by atoms with Gasteiger partial charge in [0.05, 0.1) is 6.61 Å². The van der Waals surface area contributed by atoms with Crippen LogP contribution in [0.25, 0.3) is 0 Å². The van der Waals surface area contributed by atoms with Gasteiger partial charge in [-0.05, 0) is 48.1 Å². The summed E-state index contributed by atoms with van der Waals surface area (Å²) in [6, 6.07) is 17.5. The van der Waals surface area contributed by atoms with Crippen LogP contribution < -0.4 is 0 Å². The first-order valence-electron chi connectivity index (χ1n) is 9.74. The van der Waals surface area contributed by atoms with Crippen molar-refractivity contribution in [1.82, 2.24) is 4.98 Å². The highest BCUT2D eigenvalue weighted by Gasteiger charge is 2.32. The molecule has 0 unspecified atom stereocenters. The highest BCUT2D eigenvalue weighted by Crippen LogP contribution is 2.35. The van der Waals surface area contributed by atoms with Crippen molar-refractivity contribution in [3.05, 3.63) is 93.3 Å². The minimum absolute atomic E-state index is 0.0586. The van der Waals surface area contributed by atoms with Gasteiger partial charge in [0.25, 0.3) is 0 Å². The first kappa shape index (κ1) is 19.5. The maximum Gasteiger partial charge on any atom is 0.355 e. The monoisotopic (exact) mass is 407 g/mol. The van der Waals surface area contributed by atoms with E-state index in [4.69, 9.17) is 16.3 Å². The second-order valence-electron chi connectivity index (χ2n) is 7.43.